The van der Waals surface area contributed by atoms with Crippen molar-refractivity contribution in [2.75, 3.05) is 5.32 Å². The molecule has 0 saturated heterocycles. The molecule has 0 aliphatic carbocycles. The molecule has 0 atom stereocenters. The molecule has 3 aromatic heterocycles. The van der Waals surface area contributed by atoms with Crippen LogP contribution in [0.25, 0.3) is 16.9 Å². The molecule has 29 heavy (non-hydrogen) atoms. The number of hydrogen-bond acceptors (Lipinski definition) is 6. The largest absolute Gasteiger partial charge is 0.376 e. The van der Waals surface area contributed by atoms with Crippen LogP contribution in [0.15, 0.2) is 41.5 Å². The SMILES string of the molecule is Fc1cc(-c2ccc3nnc(CNc4ccnc5c4N=CC5)n3n2)cc(F)c1F. The second-order valence-electron chi connectivity index (χ2n) is 6.38. The van der Waals surface area contributed by atoms with Gasteiger partial charge in [-0.1, -0.05) is 0 Å². The smallest absolute Gasteiger partial charge is 0.194 e. The van der Waals surface area contributed by atoms with Crippen LogP contribution in [-0.4, -0.2) is 31.0 Å². The van der Waals surface area contributed by atoms with Crippen LogP contribution in [0.5, 0.6) is 0 Å². The average Bonchev–Trinajstić information content (AvgIpc) is 3.36. The third kappa shape index (κ3) is 2.98. The van der Waals surface area contributed by atoms with E-state index < -0.39 is 17.5 Å². The molecule has 0 spiro atoms. The van der Waals surface area contributed by atoms with Crippen molar-refractivity contribution < 1.29 is 13.2 Å². The summed E-state index contributed by atoms with van der Waals surface area (Å²) in [6, 6.07) is 6.76. The van der Waals surface area contributed by atoms with E-state index in [1.165, 1.54) is 10.6 Å². The van der Waals surface area contributed by atoms with E-state index in [9.17, 15) is 13.2 Å². The fraction of sp³-hybridized carbons (Fsp3) is 0.105. The lowest BCUT2D eigenvalue weighted by Gasteiger charge is -2.09. The first-order valence-electron chi connectivity index (χ1n) is 8.70. The minimum absolute atomic E-state index is 0.109. The van der Waals surface area contributed by atoms with Crippen LogP contribution >= 0.6 is 0 Å². The van der Waals surface area contributed by atoms with E-state index in [1.54, 1.807) is 18.5 Å². The summed E-state index contributed by atoms with van der Waals surface area (Å²) in [5, 5.41) is 15.8. The molecule has 1 aliphatic rings. The third-order valence-electron chi connectivity index (χ3n) is 4.55. The quantitative estimate of drug-likeness (QED) is 0.535. The van der Waals surface area contributed by atoms with Crippen molar-refractivity contribution in [1.29, 1.82) is 0 Å². The lowest BCUT2D eigenvalue weighted by molar-refractivity contribution is 0.447. The summed E-state index contributed by atoms with van der Waals surface area (Å²) in [5.74, 6) is -3.59. The highest BCUT2D eigenvalue weighted by Gasteiger charge is 2.16. The van der Waals surface area contributed by atoms with Crippen molar-refractivity contribution in [3.05, 3.63) is 65.5 Å². The Morgan fingerprint density at radius 3 is 2.69 bits per heavy atom. The van der Waals surface area contributed by atoms with Gasteiger partial charge >= 0.3 is 0 Å². The van der Waals surface area contributed by atoms with E-state index in [1.807, 2.05) is 6.07 Å². The van der Waals surface area contributed by atoms with Crippen molar-refractivity contribution in [2.45, 2.75) is 13.0 Å². The minimum Gasteiger partial charge on any atom is -0.376 e. The predicted octanol–water partition coefficient (Wildman–Crippen LogP) is 3.47. The lowest BCUT2D eigenvalue weighted by atomic mass is 10.1. The van der Waals surface area contributed by atoms with Crippen LogP contribution in [0.4, 0.5) is 24.5 Å². The highest BCUT2D eigenvalue weighted by atomic mass is 19.2. The van der Waals surface area contributed by atoms with Gasteiger partial charge in [-0.05, 0) is 30.3 Å². The van der Waals surface area contributed by atoms with Crippen molar-refractivity contribution >= 4 is 23.2 Å². The molecule has 4 aromatic rings. The summed E-state index contributed by atoms with van der Waals surface area (Å²) in [7, 11) is 0. The van der Waals surface area contributed by atoms with Gasteiger partial charge in [-0.3, -0.25) is 9.98 Å². The molecule has 1 aromatic carbocycles. The van der Waals surface area contributed by atoms with Gasteiger partial charge in [0.1, 0.15) is 5.69 Å². The molecule has 1 N–H and O–H groups in total. The summed E-state index contributed by atoms with van der Waals surface area (Å²) < 4.78 is 41.8. The summed E-state index contributed by atoms with van der Waals surface area (Å²) in [6.45, 7) is 0.287. The Hall–Kier alpha value is -3.82. The Morgan fingerprint density at radius 1 is 1.03 bits per heavy atom. The van der Waals surface area contributed by atoms with Crippen molar-refractivity contribution in [3.63, 3.8) is 0 Å². The van der Waals surface area contributed by atoms with Crippen molar-refractivity contribution in [2.24, 2.45) is 4.99 Å². The Kier molecular flexibility index (Phi) is 3.97. The Morgan fingerprint density at radius 2 is 1.86 bits per heavy atom. The fourth-order valence-electron chi connectivity index (χ4n) is 3.13. The van der Waals surface area contributed by atoms with Gasteiger partial charge in [0, 0.05) is 24.4 Å². The maximum absolute atomic E-state index is 13.6. The number of halogens is 3. The topological polar surface area (TPSA) is 80.4 Å². The van der Waals surface area contributed by atoms with Crippen LogP contribution in [0, 0.1) is 17.5 Å². The standard InChI is InChI=1S/C19H12F3N7/c20-11-7-10(8-12(21)18(11)22)13-1-2-16-26-27-17(29(16)28-13)9-25-15-3-5-23-14-4-6-24-19(14)15/h1-3,5-8H,4,9H2,(H,23,25). The van der Waals surface area contributed by atoms with E-state index in [2.05, 4.69) is 30.6 Å². The number of aromatic nitrogens is 5. The molecule has 7 nitrogen and oxygen atoms in total. The van der Waals surface area contributed by atoms with Gasteiger partial charge in [-0.15, -0.1) is 10.2 Å². The number of benzene rings is 1. The van der Waals surface area contributed by atoms with Gasteiger partial charge in [-0.25, -0.2) is 13.2 Å². The molecular weight excluding hydrogens is 383 g/mol. The minimum atomic E-state index is -1.52. The molecule has 0 fully saturated rings. The van der Waals surface area contributed by atoms with Crippen LogP contribution in [-0.2, 0) is 13.0 Å². The molecular formula is C19H12F3N7. The zero-order valence-electron chi connectivity index (χ0n) is 14.8. The van der Waals surface area contributed by atoms with Gasteiger partial charge in [0.2, 0.25) is 0 Å². The average molecular weight is 395 g/mol. The van der Waals surface area contributed by atoms with Gasteiger partial charge in [0.05, 0.1) is 23.6 Å². The zero-order chi connectivity index (χ0) is 20.0. The third-order valence-corrected chi connectivity index (χ3v) is 4.55. The number of nitrogens with zero attached hydrogens (tertiary/aromatic N) is 6. The van der Waals surface area contributed by atoms with E-state index >= 15 is 0 Å². The monoisotopic (exact) mass is 395 g/mol. The molecule has 5 rings (SSSR count). The van der Waals surface area contributed by atoms with E-state index in [0.29, 0.717) is 17.9 Å². The van der Waals surface area contributed by atoms with Crippen LogP contribution in [0.1, 0.15) is 11.5 Å². The molecule has 4 heterocycles. The normalized spacial score (nSPS) is 12.5. The first-order chi connectivity index (χ1) is 14.1. The molecule has 0 saturated carbocycles. The van der Waals surface area contributed by atoms with Gasteiger partial charge < -0.3 is 5.32 Å². The van der Waals surface area contributed by atoms with Crippen LogP contribution < -0.4 is 5.32 Å². The number of fused-ring (bicyclic) bond motifs is 2. The van der Waals surface area contributed by atoms with Gasteiger partial charge in [0.25, 0.3) is 0 Å². The van der Waals surface area contributed by atoms with E-state index in [-0.39, 0.29) is 17.8 Å². The summed E-state index contributed by atoms with van der Waals surface area (Å²) in [4.78, 5) is 8.61. The molecule has 144 valence electrons. The lowest BCUT2D eigenvalue weighted by Crippen LogP contribution is -2.07. The van der Waals surface area contributed by atoms with Crippen molar-refractivity contribution in [1.82, 2.24) is 24.8 Å². The number of nitrogens with one attached hydrogen (secondary N) is 1. The van der Waals surface area contributed by atoms with E-state index in [0.717, 1.165) is 29.2 Å². The molecule has 0 radical (unpaired) electrons. The second-order valence-corrected chi connectivity index (χ2v) is 6.38. The number of anilines is 1. The van der Waals surface area contributed by atoms with E-state index in [4.69, 9.17) is 0 Å². The Labute approximate surface area is 162 Å². The number of hydrogen-bond donors (Lipinski definition) is 1. The molecule has 0 bridgehead atoms. The first kappa shape index (κ1) is 17.3. The highest BCUT2D eigenvalue weighted by Crippen LogP contribution is 2.31. The van der Waals surface area contributed by atoms with Crippen LogP contribution in [0.2, 0.25) is 0 Å². The molecule has 0 amide bonds. The zero-order valence-corrected chi connectivity index (χ0v) is 14.8. The predicted molar refractivity (Wildman–Crippen MR) is 99.5 cm³/mol. The summed E-state index contributed by atoms with van der Waals surface area (Å²) in [6.07, 6.45) is 4.18. The van der Waals surface area contributed by atoms with Crippen molar-refractivity contribution in [3.8, 4) is 11.3 Å². The Balaban J connectivity index is 1.48. The second kappa shape index (κ2) is 6.66. The van der Waals surface area contributed by atoms with Gasteiger partial charge in [-0.2, -0.15) is 9.61 Å². The number of pyridine rings is 1. The number of aliphatic imine (C=N–C) groups is 1. The fourth-order valence-corrected chi connectivity index (χ4v) is 3.13. The molecule has 0 unspecified atom stereocenters. The van der Waals surface area contributed by atoms with Gasteiger partial charge in [0.15, 0.2) is 28.9 Å². The number of rotatable bonds is 4. The first-order valence-corrected chi connectivity index (χ1v) is 8.70. The maximum atomic E-state index is 13.6. The molecule has 1 aliphatic heterocycles. The summed E-state index contributed by atoms with van der Waals surface area (Å²) in [5.41, 5.74) is 3.31. The maximum Gasteiger partial charge on any atom is 0.194 e. The van der Waals surface area contributed by atoms with Crippen LogP contribution in [0.3, 0.4) is 0 Å². The molecule has 10 heteroatoms. The highest BCUT2D eigenvalue weighted by molar-refractivity contribution is 5.81. The Bertz CT molecular complexity index is 1260. The summed E-state index contributed by atoms with van der Waals surface area (Å²) >= 11 is 0.